The van der Waals surface area contributed by atoms with Crippen molar-refractivity contribution in [2.24, 2.45) is 46.3 Å². The fourth-order valence-corrected chi connectivity index (χ4v) is 9.43. The quantitative estimate of drug-likeness (QED) is 0.203. The number of fused-ring (bicyclic) bond motifs is 5. The van der Waals surface area contributed by atoms with Gasteiger partial charge < -0.3 is 0 Å². The number of allylic oxidation sites excluding steroid dienone is 2. The van der Waals surface area contributed by atoms with Crippen molar-refractivity contribution < 1.29 is 0 Å². The van der Waals surface area contributed by atoms with E-state index in [9.17, 15) is 0 Å². The van der Waals surface area contributed by atoms with Gasteiger partial charge in [0.25, 0.3) is 0 Å². The maximum Gasteiger partial charge on any atom is 0.0147 e. The van der Waals surface area contributed by atoms with Crippen molar-refractivity contribution in [2.45, 2.75) is 109 Å². The molecule has 0 heterocycles. The van der Waals surface area contributed by atoms with E-state index in [1.807, 2.05) is 5.57 Å². The summed E-state index contributed by atoms with van der Waals surface area (Å²) >= 11 is 2.71. The van der Waals surface area contributed by atoms with Gasteiger partial charge in [-0.15, -0.1) is 0 Å². The van der Waals surface area contributed by atoms with E-state index in [-0.39, 0.29) is 0 Å². The molecule has 8 atom stereocenters. The van der Waals surface area contributed by atoms with Gasteiger partial charge in [0.1, 0.15) is 0 Å². The molecule has 0 aromatic heterocycles. The molecule has 0 amide bonds. The fraction of sp³-hybridized carbons (Fsp3) is 0.926. The van der Waals surface area contributed by atoms with Crippen molar-refractivity contribution in [1.82, 2.24) is 0 Å². The number of alkyl halides is 1. The lowest BCUT2D eigenvalue weighted by atomic mass is 9.47. The Bertz CT molecular complexity index is 591. The van der Waals surface area contributed by atoms with Gasteiger partial charge in [-0.25, -0.2) is 0 Å². The van der Waals surface area contributed by atoms with Gasteiger partial charge in [-0.3, -0.25) is 0 Å². The normalized spacial score (nSPS) is 46.5. The van der Waals surface area contributed by atoms with E-state index in [4.69, 9.17) is 0 Å². The zero-order chi connectivity index (χ0) is 20.1. The summed E-state index contributed by atoms with van der Waals surface area (Å²) in [6.07, 6.45) is 18.9. The Labute approximate surface area is 189 Å². The van der Waals surface area contributed by atoms with E-state index >= 15 is 0 Å². The minimum atomic E-state index is 0.548. The Kier molecular flexibility index (Phi) is 6.35. The predicted octanol–water partition coefficient (Wildman–Crippen LogP) is 8.83. The highest BCUT2D eigenvalue weighted by Gasteiger charge is 2.58. The topological polar surface area (TPSA) is 0 Å². The largest absolute Gasteiger partial charge is 0.0844 e. The fourth-order valence-electron chi connectivity index (χ4n) is 8.64. The first-order valence-electron chi connectivity index (χ1n) is 12.6. The van der Waals surface area contributed by atoms with Crippen molar-refractivity contribution in [3.63, 3.8) is 0 Å². The highest BCUT2D eigenvalue weighted by atomic mass is 127. The van der Waals surface area contributed by atoms with E-state index in [0.717, 1.165) is 39.4 Å². The van der Waals surface area contributed by atoms with Crippen molar-refractivity contribution >= 4 is 22.6 Å². The molecule has 7 unspecified atom stereocenters. The van der Waals surface area contributed by atoms with Gasteiger partial charge in [-0.05, 0) is 97.7 Å². The predicted molar refractivity (Wildman–Crippen MR) is 131 cm³/mol. The molecule has 160 valence electrons. The molecule has 4 aliphatic rings. The summed E-state index contributed by atoms with van der Waals surface area (Å²) in [6, 6.07) is 0. The molecular weight excluding hydrogens is 451 g/mol. The van der Waals surface area contributed by atoms with Gasteiger partial charge in [0, 0.05) is 3.92 Å². The molecule has 0 bridgehead atoms. The summed E-state index contributed by atoms with van der Waals surface area (Å²) in [6.45, 7) is 12.8. The van der Waals surface area contributed by atoms with Crippen LogP contribution in [0.4, 0.5) is 0 Å². The van der Waals surface area contributed by atoms with E-state index in [1.54, 1.807) is 0 Å². The Morgan fingerprint density at radius 2 is 1.79 bits per heavy atom. The highest BCUT2D eigenvalue weighted by Crippen LogP contribution is 2.67. The van der Waals surface area contributed by atoms with Crippen LogP contribution in [0.3, 0.4) is 0 Å². The number of hydrogen-bond acceptors (Lipinski definition) is 0. The summed E-state index contributed by atoms with van der Waals surface area (Å²) in [5.74, 6) is 5.79. The minimum absolute atomic E-state index is 0.548. The van der Waals surface area contributed by atoms with Crippen LogP contribution < -0.4 is 0 Å². The molecule has 0 aliphatic heterocycles. The Hall–Kier alpha value is 0.470. The molecule has 28 heavy (non-hydrogen) atoms. The van der Waals surface area contributed by atoms with Gasteiger partial charge in [-0.2, -0.15) is 0 Å². The van der Waals surface area contributed by atoms with Crippen molar-refractivity contribution in [1.29, 1.82) is 0 Å². The molecule has 0 N–H and O–H groups in total. The molecule has 0 nitrogen and oxygen atoms in total. The SMILES string of the molecule is CC(C)CCC[C@@H](C)C1CCC2C3CC=C4CC(I)CCC4(C)C3CCC21C. The zero-order valence-corrected chi connectivity index (χ0v) is 21.4. The molecule has 4 aliphatic carbocycles. The molecule has 0 radical (unpaired) electrons. The van der Waals surface area contributed by atoms with Gasteiger partial charge in [-0.1, -0.05) is 88.1 Å². The average molecular weight is 497 g/mol. The molecule has 1 heteroatoms. The second-order valence-electron chi connectivity index (χ2n) is 12.1. The maximum absolute atomic E-state index is 2.75. The minimum Gasteiger partial charge on any atom is -0.0844 e. The van der Waals surface area contributed by atoms with Crippen LogP contribution in [0.5, 0.6) is 0 Å². The smallest absolute Gasteiger partial charge is 0.0147 e. The van der Waals surface area contributed by atoms with Crippen LogP contribution >= 0.6 is 22.6 Å². The Morgan fingerprint density at radius 3 is 2.54 bits per heavy atom. The van der Waals surface area contributed by atoms with Crippen LogP contribution in [0.25, 0.3) is 0 Å². The van der Waals surface area contributed by atoms with Crippen LogP contribution in [0.15, 0.2) is 11.6 Å². The van der Waals surface area contributed by atoms with E-state index in [0.29, 0.717) is 10.8 Å². The second-order valence-corrected chi connectivity index (χ2v) is 13.9. The second kappa shape index (κ2) is 8.19. The van der Waals surface area contributed by atoms with Crippen molar-refractivity contribution in [3.8, 4) is 0 Å². The summed E-state index contributed by atoms with van der Waals surface area (Å²) in [5, 5.41) is 0. The lowest BCUT2D eigenvalue weighted by Gasteiger charge is -2.58. The third-order valence-corrected chi connectivity index (χ3v) is 11.3. The molecule has 0 saturated heterocycles. The standard InChI is InChI=1S/C27H45I/c1-18(2)7-6-8-19(3)23-11-12-24-22-10-9-20-17-21(28)13-15-26(20,4)25(22)14-16-27(23,24)5/h9,18-19,21-25H,6-8,10-17H2,1-5H3/t19-,21?,22?,23?,24?,25?,26?,27?/m1/s1. The first kappa shape index (κ1) is 21.7. The zero-order valence-electron chi connectivity index (χ0n) is 19.3. The summed E-state index contributed by atoms with van der Waals surface area (Å²) in [5.41, 5.74) is 3.05. The molecule has 0 aromatic rings. The van der Waals surface area contributed by atoms with Crippen LogP contribution in [-0.4, -0.2) is 3.92 Å². The van der Waals surface area contributed by atoms with Gasteiger partial charge in [0.2, 0.25) is 0 Å². The Morgan fingerprint density at radius 1 is 1.00 bits per heavy atom. The van der Waals surface area contributed by atoms with Crippen LogP contribution in [-0.2, 0) is 0 Å². The number of hydrogen-bond donors (Lipinski definition) is 0. The summed E-state index contributed by atoms with van der Waals surface area (Å²) in [4.78, 5) is 0. The van der Waals surface area contributed by atoms with Crippen LogP contribution in [0, 0.1) is 46.3 Å². The molecule has 0 aromatic carbocycles. The van der Waals surface area contributed by atoms with Crippen LogP contribution in [0.1, 0.15) is 105 Å². The molecule has 0 spiro atoms. The van der Waals surface area contributed by atoms with Gasteiger partial charge in [0.05, 0.1) is 0 Å². The lowest BCUT2D eigenvalue weighted by Crippen LogP contribution is -2.50. The average Bonchev–Trinajstić information content (AvgIpc) is 2.99. The summed E-state index contributed by atoms with van der Waals surface area (Å²) in [7, 11) is 0. The first-order valence-corrected chi connectivity index (χ1v) is 13.8. The molecular formula is C27H45I. The van der Waals surface area contributed by atoms with E-state index < -0.39 is 0 Å². The Balaban J connectivity index is 1.49. The van der Waals surface area contributed by atoms with Crippen molar-refractivity contribution in [3.05, 3.63) is 11.6 Å². The van der Waals surface area contributed by atoms with E-state index in [2.05, 4.69) is 63.3 Å². The molecule has 3 saturated carbocycles. The third kappa shape index (κ3) is 3.66. The third-order valence-electron chi connectivity index (χ3n) is 10.2. The van der Waals surface area contributed by atoms with E-state index in [1.165, 1.54) is 70.6 Å². The lowest BCUT2D eigenvalue weighted by molar-refractivity contribution is -0.0495. The van der Waals surface area contributed by atoms with Gasteiger partial charge >= 0.3 is 0 Å². The number of halogens is 1. The monoisotopic (exact) mass is 496 g/mol. The number of rotatable bonds is 5. The maximum atomic E-state index is 2.75. The molecule has 3 fully saturated rings. The summed E-state index contributed by atoms with van der Waals surface area (Å²) < 4.78 is 0.893. The van der Waals surface area contributed by atoms with Crippen molar-refractivity contribution in [2.75, 3.05) is 0 Å². The highest BCUT2D eigenvalue weighted by molar-refractivity contribution is 14.1. The van der Waals surface area contributed by atoms with Gasteiger partial charge in [0.15, 0.2) is 0 Å². The first-order chi connectivity index (χ1) is 13.3. The molecule has 4 rings (SSSR count). The van der Waals surface area contributed by atoms with Crippen LogP contribution in [0.2, 0.25) is 0 Å².